The largest absolute Gasteiger partial charge is 0.446 e. The van der Waals surface area contributed by atoms with E-state index in [9.17, 15) is 4.79 Å². The Hall–Kier alpha value is -1.71. The van der Waals surface area contributed by atoms with Gasteiger partial charge in [-0.05, 0) is 31.9 Å². The van der Waals surface area contributed by atoms with Gasteiger partial charge in [0.2, 0.25) is 0 Å². The maximum absolute atomic E-state index is 11.4. The number of hydrogen-bond acceptors (Lipinski definition) is 3. The second kappa shape index (κ2) is 3.70. The van der Waals surface area contributed by atoms with E-state index in [1.807, 2.05) is 26.8 Å². The highest BCUT2D eigenvalue weighted by Crippen LogP contribution is 2.32. The zero-order valence-corrected chi connectivity index (χ0v) is 9.76. The summed E-state index contributed by atoms with van der Waals surface area (Å²) in [6.45, 7) is 5.80. The van der Waals surface area contributed by atoms with Crippen LogP contribution in [0, 0.1) is 13.8 Å². The number of carbonyl (C=O) groups is 1. The summed E-state index contributed by atoms with van der Waals surface area (Å²) >= 11 is 0. The maximum Gasteiger partial charge on any atom is 0.411 e. The topological polar surface area (TPSA) is 64.3 Å². The van der Waals surface area contributed by atoms with Gasteiger partial charge in [-0.25, -0.2) is 4.79 Å². The van der Waals surface area contributed by atoms with Gasteiger partial charge in [-0.15, -0.1) is 0 Å². The zero-order valence-electron chi connectivity index (χ0n) is 9.76. The third kappa shape index (κ3) is 1.71. The molecule has 4 heteroatoms. The van der Waals surface area contributed by atoms with Crippen LogP contribution in [0.3, 0.4) is 0 Å². The van der Waals surface area contributed by atoms with Gasteiger partial charge in [-0.2, -0.15) is 0 Å². The van der Waals surface area contributed by atoms with Gasteiger partial charge in [0.25, 0.3) is 0 Å². The van der Waals surface area contributed by atoms with Crippen LogP contribution in [0.5, 0.6) is 0 Å². The summed E-state index contributed by atoms with van der Waals surface area (Å²) < 4.78 is 5.14. The summed E-state index contributed by atoms with van der Waals surface area (Å²) in [6.07, 6.45) is 0.102. The summed E-state index contributed by atoms with van der Waals surface area (Å²) in [5.41, 5.74) is 10.6. The number of nitrogens with one attached hydrogen (secondary N) is 1. The van der Waals surface area contributed by atoms with Crippen molar-refractivity contribution in [2.75, 3.05) is 11.1 Å². The molecular formula is C12H16N2O2. The van der Waals surface area contributed by atoms with Crippen molar-refractivity contribution in [3.8, 4) is 0 Å². The molecule has 0 saturated carbocycles. The van der Waals surface area contributed by atoms with Gasteiger partial charge >= 0.3 is 6.09 Å². The van der Waals surface area contributed by atoms with Crippen molar-refractivity contribution >= 4 is 17.5 Å². The molecule has 1 aromatic carbocycles. The summed E-state index contributed by atoms with van der Waals surface area (Å²) in [4.78, 5) is 11.4. The number of amides is 1. The molecule has 4 nitrogen and oxygen atoms in total. The van der Waals surface area contributed by atoms with Gasteiger partial charge in [-0.1, -0.05) is 6.07 Å². The summed E-state index contributed by atoms with van der Waals surface area (Å²) in [5.74, 6) is 0. The Morgan fingerprint density at radius 3 is 2.81 bits per heavy atom. The number of fused-ring (bicyclic) bond motifs is 1. The molecule has 0 bridgehead atoms. The number of rotatable bonds is 0. The Balaban J connectivity index is 2.60. The monoisotopic (exact) mass is 220 g/mol. The first kappa shape index (κ1) is 10.8. The molecule has 0 radical (unpaired) electrons. The Bertz CT molecular complexity index is 455. The third-order valence-electron chi connectivity index (χ3n) is 2.91. The van der Waals surface area contributed by atoms with Crippen LogP contribution in [0.15, 0.2) is 6.07 Å². The molecule has 1 amide bonds. The van der Waals surface area contributed by atoms with Crippen LogP contribution in [0.2, 0.25) is 0 Å². The molecule has 2 rings (SSSR count). The third-order valence-corrected chi connectivity index (χ3v) is 2.91. The van der Waals surface area contributed by atoms with E-state index in [4.69, 9.17) is 10.5 Å². The molecule has 3 N–H and O–H groups in total. The van der Waals surface area contributed by atoms with Gasteiger partial charge in [0.15, 0.2) is 0 Å². The number of ether oxygens (including phenoxy) is 1. The fraction of sp³-hybridized carbons (Fsp3) is 0.417. The lowest BCUT2D eigenvalue weighted by Gasteiger charge is -2.14. The van der Waals surface area contributed by atoms with E-state index in [0.29, 0.717) is 6.42 Å². The van der Waals surface area contributed by atoms with Gasteiger partial charge < -0.3 is 10.5 Å². The molecule has 1 atom stereocenters. The molecular weight excluding hydrogens is 204 g/mol. The highest BCUT2D eigenvalue weighted by Gasteiger charge is 2.22. The number of nitrogen functional groups attached to an aromatic ring is 1. The van der Waals surface area contributed by atoms with Crippen LogP contribution < -0.4 is 11.1 Å². The van der Waals surface area contributed by atoms with Crippen molar-refractivity contribution in [3.63, 3.8) is 0 Å². The minimum absolute atomic E-state index is 0.148. The quantitative estimate of drug-likeness (QED) is 0.660. The highest BCUT2D eigenvalue weighted by atomic mass is 16.6. The number of nitrogens with two attached hydrogens (primary N) is 1. The van der Waals surface area contributed by atoms with E-state index in [1.54, 1.807) is 0 Å². The molecule has 0 spiro atoms. The Kier molecular flexibility index (Phi) is 2.50. The van der Waals surface area contributed by atoms with Crippen molar-refractivity contribution in [2.45, 2.75) is 33.3 Å². The number of aryl methyl sites for hydroxylation is 2. The van der Waals surface area contributed by atoms with Gasteiger partial charge in [0, 0.05) is 17.7 Å². The first-order valence-corrected chi connectivity index (χ1v) is 5.35. The fourth-order valence-electron chi connectivity index (χ4n) is 2.11. The molecule has 1 heterocycles. The van der Waals surface area contributed by atoms with Crippen LogP contribution in [0.1, 0.15) is 23.6 Å². The first-order chi connectivity index (χ1) is 7.49. The lowest BCUT2D eigenvalue weighted by molar-refractivity contribution is 0.123. The summed E-state index contributed by atoms with van der Waals surface area (Å²) in [7, 11) is 0. The summed E-state index contributed by atoms with van der Waals surface area (Å²) in [5, 5.41) is 2.75. The number of carbonyl (C=O) groups excluding carboxylic acids is 1. The predicted molar refractivity (Wildman–Crippen MR) is 63.6 cm³/mol. The smallest absolute Gasteiger partial charge is 0.411 e. The van der Waals surface area contributed by atoms with E-state index in [-0.39, 0.29) is 6.10 Å². The average molecular weight is 220 g/mol. The van der Waals surface area contributed by atoms with Crippen LogP contribution in [-0.4, -0.2) is 12.2 Å². The Morgan fingerprint density at radius 2 is 2.12 bits per heavy atom. The standard InChI is InChI=1S/C12H16N2O2/c1-6-4-7(2)11-9(10(6)13)5-8(3)16-12(15)14-11/h4,8H,5,13H2,1-3H3,(H,14,15). The zero-order chi connectivity index (χ0) is 11.9. The van der Waals surface area contributed by atoms with Crippen LogP contribution >= 0.6 is 0 Å². The number of anilines is 2. The molecule has 16 heavy (non-hydrogen) atoms. The number of benzene rings is 1. The lowest BCUT2D eigenvalue weighted by atomic mass is 9.97. The Labute approximate surface area is 94.8 Å². The molecule has 1 aromatic rings. The highest BCUT2D eigenvalue weighted by molar-refractivity contribution is 5.90. The van der Waals surface area contributed by atoms with E-state index in [0.717, 1.165) is 28.1 Å². The molecule has 1 aliphatic heterocycles. The molecule has 0 fully saturated rings. The first-order valence-electron chi connectivity index (χ1n) is 5.35. The van der Waals surface area contributed by atoms with Gasteiger partial charge in [-0.3, -0.25) is 5.32 Å². The second-order valence-electron chi connectivity index (χ2n) is 4.32. The molecule has 0 aliphatic carbocycles. The van der Waals surface area contributed by atoms with E-state index < -0.39 is 6.09 Å². The number of hydrogen-bond donors (Lipinski definition) is 2. The van der Waals surface area contributed by atoms with Crippen molar-refractivity contribution in [1.82, 2.24) is 0 Å². The van der Waals surface area contributed by atoms with Crippen LogP contribution in [-0.2, 0) is 11.2 Å². The normalized spacial score (nSPS) is 19.4. The molecule has 0 aromatic heterocycles. The molecule has 0 saturated heterocycles. The average Bonchev–Trinajstić information content (AvgIpc) is 2.33. The Morgan fingerprint density at radius 1 is 1.44 bits per heavy atom. The number of cyclic esters (lactones) is 1. The van der Waals surface area contributed by atoms with Crippen LogP contribution in [0.4, 0.5) is 16.2 Å². The van der Waals surface area contributed by atoms with Gasteiger partial charge in [0.1, 0.15) is 6.10 Å². The maximum atomic E-state index is 11.4. The molecule has 86 valence electrons. The van der Waals surface area contributed by atoms with Crippen LogP contribution in [0.25, 0.3) is 0 Å². The predicted octanol–water partition coefficient (Wildman–Crippen LogP) is 2.38. The van der Waals surface area contributed by atoms with Crippen molar-refractivity contribution in [3.05, 3.63) is 22.8 Å². The van der Waals surface area contributed by atoms with Gasteiger partial charge in [0.05, 0.1) is 5.69 Å². The summed E-state index contributed by atoms with van der Waals surface area (Å²) in [6, 6.07) is 1.98. The minimum Gasteiger partial charge on any atom is -0.446 e. The lowest BCUT2D eigenvalue weighted by Crippen LogP contribution is -2.17. The SMILES string of the molecule is Cc1cc(C)c2c(c1N)CC(C)OC(=O)N2. The van der Waals surface area contributed by atoms with E-state index in [2.05, 4.69) is 5.32 Å². The molecule has 1 unspecified atom stereocenters. The van der Waals surface area contributed by atoms with Crippen molar-refractivity contribution < 1.29 is 9.53 Å². The minimum atomic E-state index is -0.405. The van der Waals surface area contributed by atoms with Crippen molar-refractivity contribution in [2.24, 2.45) is 0 Å². The fourth-order valence-corrected chi connectivity index (χ4v) is 2.11. The second-order valence-corrected chi connectivity index (χ2v) is 4.32. The molecule has 1 aliphatic rings. The van der Waals surface area contributed by atoms with Crippen molar-refractivity contribution in [1.29, 1.82) is 0 Å². The van der Waals surface area contributed by atoms with E-state index in [1.165, 1.54) is 0 Å². The van der Waals surface area contributed by atoms with E-state index >= 15 is 0 Å².